The molecule has 0 aromatic carbocycles. The smallest absolute Gasteiger partial charge is 0.0670 e. The maximum Gasteiger partial charge on any atom is 0.0670 e. The van der Waals surface area contributed by atoms with Crippen molar-refractivity contribution in [2.24, 2.45) is 5.73 Å². The Hall–Kier alpha value is -0.830. The van der Waals surface area contributed by atoms with Crippen molar-refractivity contribution < 1.29 is 0 Å². The van der Waals surface area contributed by atoms with E-state index >= 15 is 0 Å². The van der Waals surface area contributed by atoms with Crippen LogP contribution in [0.15, 0.2) is 18.5 Å². The minimum Gasteiger partial charge on any atom is -0.326 e. The van der Waals surface area contributed by atoms with Gasteiger partial charge in [0, 0.05) is 18.4 Å². The summed E-state index contributed by atoms with van der Waals surface area (Å²) < 4.78 is 2.00. The Bertz CT molecular complexity index is 230. The first-order valence-electron chi connectivity index (χ1n) is 4.62. The molecule has 2 unspecified atom stereocenters. The van der Waals surface area contributed by atoms with E-state index in [2.05, 4.69) is 5.10 Å². The highest BCUT2D eigenvalue weighted by atomic mass is 15.3. The molecule has 0 radical (unpaired) electrons. The molecule has 0 spiro atoms. The maximum atomic E-state index is 6.01. The molecule has 0 amide bonds. The Labute approximate surface area is 72.6 Å². The Morgan fingerprint density at radius 2 is 2.17 bits per heavy atom. The van der Waals surface area contributed by atoms with Gasteiger partial charge < -0.3 is 5.73 Å². The Kier molecular flexibility index (Phi) is 2.13. The minimum absolute atomic E-state index is 0.304. The molecule has 2 N–H and O–H groups in total. The first-order chi connectivity index (χ1) is 5.88. The average Bonchev–Trinajstić information content (AvgIpc) is 2.57. The molecule has 1 aromatic rings. The summed E-state index contributed by atoms with van der Waals surface area (Å²) in [7, 11) is 0. The SMILES string of the molecule is NC1CCCCC1n1cccn1. The number of rotatable bonds is 1. The van der Waals surface area contributed by atoms with Gasteiger partial charge in [-0.3, -0.25) is 4.68 Å². The fourth-order valence-electron chi connectivity index (χ4n) is 1.95. The molecule has 1 heterocycles. The van der Waals surface area contributed by atoms with Gasteiger partial charge in [-0.25, -0.2) is 0 Å². The van der Waals surface area contributed by atoms with Gasteiger partial charge in [0.15, 0.2) is 0 Å². The molecule has 0 saturated heterocycles. The van der Waals surface area contributed by atoms with Crippen LogP contribution < -0.4 is 5.73 Å². The van der Waals surface area contributed by atoms with Crippen LogP contribution in [-0.4, -0.2) is 15.8 Å². The van der Waals surface area contributed by atoms with Gasteiger partial charge in [-0.2, -0.15) is 5.10 Å². The molecular weight excluding hydrogens is 150 g/mol. The maximum absolute atomic E-state index is 6.01. The second-order valence-corrected chi connectivity index (χ2v) is 3.50. The van der Waals surface area contributed by atoms with Gasteiger partial charge in [-0.15, -0.1) is 0 Å². The van der Waals surface area contributed by atoms with Gasteiger partial charge in [-0.05, 0) is 18.9 Å². The normalized spacial score (nSPS) is 30.4. The lowest BCUT2D eigenvalue weighted by molar-refractivity contribution is 0.286. The summed E-state index contributed by atoms with van der Waals surface area (Å²) in [6, 6.07) is 2.70. The first-order valence-corrected chi connectivity index (χ1v) is 4.62. The zero-order valence-electron chi connectivity index (χ0n) is 7.19. The predicted molar refractivity (Wildman–Crippen MR) is 47.7 cm³/mol. The van der Waals surface area contributed by atoms with Gasteiger partial charge in [0.1, 0.15) is 0 Å². The van der Waals surface area contributed by atoms with Crippen molar-refractivity contribution in [1.29, 1.82) is 0 Å². The molecule has 3 heteroatoms. The lowest BCUT2D eigenvalue weighted by atomic mass is 9.91. The lowest BCUT2D eigenvalue weighted by Crippen LogP contribution is -2.35. The number of hydrogen-bond acceptors (Lipinski definition) is 2. The van der Waals surface area contributed by atoms with Crippen molar-refractivity contribution in [2.75, 3.05) is 0 Å². The highest BCUT2D eigenvalue weighted by Crippen LogP contribution is 2.26. The molecule has 0 bridgehead atoms. The Balaban J connectivity index is 2.11. The third-order valence-corrected chi connectivity index (χ3v) is 2.65. The summed E-state index contributed by atoms with van der Waals surface area (Å²) in [5.74, 6) is 0. The molecule has 12 heavy (non-hydrogen) atoms. The zero-order valence-corrected chi connectivity index (χ0v) is 7.19. The van der Waals surface area contributed by atoms with Crippen LogP contribution in [0.5, 0.6) is 0 Å². The van der Waals surface area contributed by atoms with Crippen molar-refractivity contribution in [2.45, 2.75) is 37.8 Å². The van der Waals surface area contributed by atoms with E-state index in [1.165, 1.54) is 19.3 Å². The van der Waals surface area contributed by atoms with E-state index in [0.717, 1.165) is 6.42 Å². The second kappa shape index (κ2) is 3.27. The van der Waals surface area contributed by atoms with Crippen LogP contribution in [0.4, 0.5) is 0 Å². The van der Waals surface area contributed by atoms with Crippen LogP contribution in [0.3, 0.4) is 0 Å². The van der Waals surface area contributed by atoms with E-state index in [4.69, 9.17) is 5.73 Å². The summed E-state index contributed by atoms with van der Waals surface area (Å²) >= 11 is 0. The van der Waals surface area contributed by atoms with E-state index in [1.54, 1.807) is 0 Å². The van der Waals surface area contributed by atoms with Crippen molar-refractivity contribution in [3.63, 3.8) is 0 Å². The molecule has 66 valence electrons. The van der Waals surface area contributed by atoms with E-state index in [0.29, 0.717) is 12.1 Å². The monoisotopic (exact) mass is 165 g/mol. The van der Waals surface area contributed by atoms with Crippen LogP contribution in [0.1, 0.15) is 31.7 Å². The van der Waals surface area contributed by atoms with Crippen molar-refractivity contribution in [3.8, 4) is 0 Å². The third kappa shape index (κ3) is 1.37. The van der Waals surface area contributed by atoms with Gasteiger partial charge in [0.05, 0.1) is 6.04 Å². The Morgan fingerprint density at radius 3 is 2.83 bits per heavy atom. The Morgan fingerprint density at radius 1 is 1.33 bits per heavy atom. The standard InChI is InChI=1S/C9H15N3/c10-8-4-1-2-5-9(8)12-7-3-6-11-12/h3,6-9H,1-2,4-5,10H2. The van der Waals surface area contributed by atoms with Crippen molar-refractivity contribution in [3.05, 3.63) is 18.5 Å². The fraction of sp³-hybridized carbons (Fsp3) is 0.667. The molecule has 3 nitrogen and oxygen atoms in total. The summed E-state index contributed by atoms with van der Waals surface area (Å²) in [4.78, 5) is 0. The van der Waals surface area contributed by atoms with Gasteiger partial charge in [0.2, 0.25) is 0 Å². The number of hydrogen-bond donors (Lipinski definition) is 1. The summed E-state index contributed by atoms with van der Waals surface area (Å²) in [5.41, 5.74) is 6.01. The van der Waals surface area contributed by atoms with E-state index in [9.17, 15) is 0 Å². The zero-order chi connectivity index (χ0) is 8.39. The van der Waals surface area contributed by atoms with Crippen LogP contribution >= 0.6 is 0 Å². The summed E-state index contributed by atoms with van der Waals surface area (Å²) in [5, 5.41) is 4.23. The van der Waals surface area contributed by atoms with E-state index in [-0.39, 0.29) is 0 Å². The third-order valence-electron chi connectivity index (χ3n) is 2.65. The predicted octanol–water partition coefficient (Wildman–Crippen LogP) is 1.33. The van der Waals surface area contributed by atoms with Crippen molar-refractivity contribution >= 4 is 0 Å². The van der Waals surface area contributed by atoms with Gasteiger partial charge >= 0.3 is 0 Å². The average molecular weight is 165 g/mol. The first kappa shape index (κ1) is 7.80. The molecule has 1 fully saturated rings. The molecule has 2 atom stereocenters. The quantitative estimate of drug-likeness (QED) is 0.682. The van der Waals surface area contributed by atoms with E-state index in [1.807, 2.05) is 23.1 Å². The molecule has 1 aliphatic carbocycles. The van der Waals surface area contributed by atoms with Crippen LogP contribution in [0.2, 0.25) is 0 Å². The summed E-state index contributed by atoms with van der Waals surface area (Å²) in [6.45, 7) is 0. The molecule has 0 aliphatic heterocycles. The highest BCUT2D eigenvalue weighted by molar-refractivity contribution is 4.87. The number of nitrogens with zero attached hydrogens (tertiary/aromatic N) is 2. The van der Waals surface area contributed by atoms with Crippen LogP contribution in [0.25, 0.3) is 0 Å². The fourth-order valence-corrected chi connectivity index (χ4v) is 1.95. The summed E-state index contributed by atoms with van der Waals surface area (Å²) in [6.07, 6.45) is 8.72. The van der Waals surface area contributed by atoms with E-state index < -0.39 is 0 Å². The molecular formula is C9H15N3. The molecule has 1 saturated carbocycles. The number of nitrogens with two attached hydrogens (primary N) is 1. The van der Waals surface area contributed by atoms with Crippen LogP contribution in [0, 0.1) is 0 Å². The molecule has 2 rings (SSSR count). The van der Waals surface area contributed by atoms with Crippen LogP contribution in [-0.2, 0) is 0 Å². The highest BCUT2D eigenvalue weighted by Gasteiger charge is 2.22. The molecule has 1 aromatic heterocycles. The van der Waals surface area contributed by atoms with Gasteiger partial charge in [-0.1, -0.05) is 12.8 Å². The number of aromatic nitrogens is 2. The van der Waals surface area contributed by atoms with Crippen molar-refractivity contribution in [1.82, 2.24) is 9.78 Å². The second-order valence-electron chi connectivity index (χ2n) is 3.50. The lowest BCUT2D eigenvalue weighted by Gasteiger charge is -2.28. The molecule has 1 aliphatic rings. The van der Waals surface area contributed by atoms with Gasteiger partial charge in [0.25, 0.3) is 0 Å². The topological polar surface area (TPSA) is 43.8 Å². The largest absolute Gasteiger partial charge is 0.326 e. The minimum atomic E-state index is 0.304.